The first-order chi connectivity index (χ1) is 11.3. The summed E-state index contributed by atoms with van der Waals surface area (Å²) in [5, 5.41) is 3.63. The number of anilines is 1. The number of hydrogen-bond donors (Lipinski definition) is 2. The van der Waals surface area contributed by atoms with Gasteiger partial charge in [0.25, 0.3) is 0 Å². The lowest BCUT2D eigenvalue weighted by molar-refractivity contribution is 0.162. The third-order valence-electron chi connectivity index (χ3n) is 5.58. The molecule has 2 heterocycles. The summed E-state index contributed by atoms with van der Waals surface area (Å²) in [6, 6.07) is 17.3. The molecule has 0 aromatic heterocycles. The zero-order chi connectivity index (χ0) is 15.7. The zero-order valence-electron chi connectivity index (χ0n) is 13.6. The molecule has 0 aliphatic carbocycles. The van der Waals surface area contributed by atoms with Crippen molar-refractivity contribution in [1.29, 1.82) is 0 Å². The van der Waals surface area contributed by atoms with E-state index in [9.17, 15) is 0 Å². The van der Waals surface area contributed by atoms with Gasteiger partial charge in [-0.05, 0) is 48.7 Å². The van der Waals surface area contributed by atoms with Gasteiger partial charge >= 0.3 is 0 Å². The van der Waals surface area contributed by atoms with E-state index in [4.69, 9.17) is 5.73 Å². The van der Waals surface area contributed by atoms with Crippen LogP contribution in [-0.4, -0.2) is 24.5 Å². The van der Waals surface area contributed by atoms with Crippen molar-refractivity contribution >= 4 is 5.69 Å². The fraction of sp³-hybridized carbons (Fsp3) is 0.400. The van der Waals surface area contributed by atoms with Crippen molar-refractivity contribution < 1.29 is 0 Å². The second kappa shape index (κ2) is 5.99. The second-order valence-corrected chi connectivity index (χ2v) is 6.94. The minimum Gasteiger partial charge on any atom is -0.384 e. The summed E-state index contributed by atoms with van der Waals surface area (Å²) in [6.07, 6.45) is 2.44. The summed E-state index contributed by atoms with van der Waals surface area (Å²) in [5.74, 6) is 0. The minimum atomic E-state index is 0.290. The van der Waals surface area contributed by atoms with Crippen LogP contribution in [0.1, 0.15) is 29.5 Å². The van der Waals surface area contributed by atoms with E-state index in [1.807, 2.05) is 0 Å². The number of likely N-dealkylation sites (tertiary alicyclic amines) is 1. The Morgan fingerprint density at radius 3 is 2.52 bits per heavy atom. The minimum absolute atomic E-state index is 0.290. The summed E-state index contributed by atoms with van der Waals surface area (Å²) in [5.41, 5.74) is 11.8. The molecule has 0 radical (unpaired) electrons. The molecule has 2 aromatic carbocycles. The van der Waals surface area contributed by atoms with E-state index in [1.54, 1.807) is 0 Å². The molecule has 120 valence electrons. The highest BCUT2D eigenvalue weighted by molar-refractivity contribution is 5.63. The van der Waals surface area contributed by atoms with Crippen LogP contribution in [0.5, 0.6) is 0 Å². The van der Waals surface area contributed by atoms with E-state index in [0.717, 1.165) is 26.2 Å². The maximum absolute atomic E-state index is 6.00. The van der Waals surface area contributed by atoms with Crippen LogP contribution in [0.25, 0.3) is 0 Å². The predicted octanol–water partition coefficient (Wildman–Crippen LogP) is 3.10. The number of fused-ring (bicyclic) bond motifs is 2. The third-order valence-corrected chi connectivity index (χ3v) is 5.58. The van der Waals surface area contributed by atoms with Gasteiger partial charge in [-0.25, -0.2) is 0 Å². The van der Waals surface area contributed by atoms with E-state index < -0.39 is 0 Å². The molecule has 1 fully saturated rings. The lowest BCUT2D eigenvalue weighted by Crippen LogP contribution is -2.43. The van der Waals surface area contributed by atoms with E-state index in [-0.39, 0.29) is 0 Å². The van der Waals surface area contributed by atoms with E-state index in [2.05, 4.69) is 58.7 Å². The molecule has 23 heavy (non-hydrogen) atoms. The molecule has 3 heteroatoms. The zero-order valence-corrected chi connectivity index (χ0v) is 13.6. The Kier molecular flexibility index (Phi) is 3.83. The molecule has 2 aliphatic rings. The smallest absolute Gasteiger partial charge is 0.0382 e. The number of nitrogens with zero attached hydrogens (tertiary/aromatic N) is 1. The highest BCUT2D eigenvalue weighted by Crippen LogP contribution is 2.45. The molecule has 3 nitrogen and oxygen atoms in total. The summed E-state index contributed by atoms with van der Waals surface area (Å²) >= 11 is 0. The normalized spacial score (nSPS) is 19.5. The van der Waals surface area contributed by atoms with Gasteiger partial charge in [0.1, 0.15) is 0 Å². The van der Waals surface area contributed by atoms with Gasteiger partial charge < -0.3 is 11.1 Å². The Morgan fingerprint density at radius 1 is 1.00 bits per heavy atom. The predicted molar refractivity (Wildman–Crippen MR) is 95.5 cm³/mol. The third kappa shape index (κ3) is 2.64. The summed E-state index contributed by atoms with van der Waals surface area (Å²) < 4.78 is 0. The molecule has 3 N–H and O–H groups in total. The average Bonchev–Trinajstić information content (AvgIpc) is 2.97. The van der Waals surface area contributed by atoms with Crippen molar-refractivity contribution in [3.8, 4) is 0 Å². The number of nitrogens with two attached hydrogens (primary N) is 1. The fourth-order valence-electron chi connectivity index (χ4n) is 4.30. The van der Waals surface area contributed by atoms with Crippen molar-refractivity contribution in [1.82, 2.24) is 4.90 Å². The van der Waals surface area contributed by atoms with Gasteiger partial charge in [-0.15, -0.1) is 0 Å². The van der Waals surface area contributed by atoms with Crippen molar-refractivity contribution in [3.63, 3.8) is 0 Å². The first kappa shape index (κ1) is 14.7. The Morgan fingerprint density at radius 2 is 1.78 bits per heavy atom. The lowest BCUT2D eigenvalue weighted by atomic mass is 9.72. The Bertz CT molecular complexity index is 673. The quantitative estimate of drug-likeness (QED) is 0.915. The van der Waals surface area contributed by atoms with Crippen molar-refractivity contribution in [2.24, 2.45) is 5.73 Å². The molecule has 2 aliphatic heterocycles. The number of benzene rings is 2. The maximum Gasteiger partial charge on any atom is 0.0382 e. The number of piperidine rings is 1. The summed E-state index contributed by atoms with van der Waals surface area (Å²) in [6.45, 7) is 5.10. The van der Waals surface area contributed by atoms with Crippen LogP contribution in [0.2, 0.25) is 0 Å². The highest BCUT2D eigenvalue weighted by Gasteiger charge is 2.42. The number of hydrogen-bond acceptors (Lipinski definition) is 3. The lowest BCUT2D eigenvalue weighted by Gasteiger charge is -2.40. The molecule has 0 saturated carbocycles. The van der Waals surface area contributed by atoms with Crippen LogP contribution in [0, 0.1) is 0 Å². The Labute approximate surface area is 138 Å². The number of rotatable bonds is 3. The molecule has 4 rings (SSSR count). The fourth-order valence-corrected chi connectivity index (χ4v) is 4.30. The van der Waals surface area contributed by atoms with Crippen LogP contribution in [0.4, 0.5) is 5.69 Å². The van der Waals surface area contributed by atoms with Crippen molar-refractivity contribution in [2.75, 3.05) is 25.0 Å². The van der Waals surface area contributed by atoms with Gasteiger partial charge in [0.2, 0.25) is 0 Å². The van der Waals surface area contributed by atoms with Crippen LogP contribution < -0.4 is 11.1 Å². The molecule has 1 spiro atoms. The molecule has 0 bridgehead atoms. The van der Waals surface area contributed by atoms with Crippen LogP contribution in [0.3, 0.4) is 0 Å². The second-order valence-electron chi connectivity index (χ2n) is 6.94. The van der Waals surface area contributed by atoms with Gasteiger partial charge in [-0.2, -0.15) is 0 Å². The molecule has 0 amide bonds. The molecule has 0 unspecified atom stereocenters. The van der Waals surface area contributed by atoms with Gasteiger partial charge in [0.05, 0.1) is 0 Å². The standard InChI is InChI=1S/C20H25N3/c21-13-17-7-4-8-18-19(17)20(15-22-18)9-11-23(12-10-20)14-16-5-2-1-3-6-16/h1-8,22H,9-15,21H2. The van der Waals surface area contributed by atoms with E-state index in [1.165, 1.54) is 35.2 Å². The van der Waals surface area contributed by atoms with Crippen molar-refractivity contribution in [3.05, 3.63) is 65.2 Å². The molecule has 1 saturated heterocycles. The SMILES string of the molecule is NCc1cccc2c1C1(CCN(Cc3ccccc3)CC1)CN2. The molecule has 2 aromatic rings. The average molecular weight is 307 g/mol. The van der Waals surface area contributed by atoms with Crippen LogP contribution in [-0.2, 0) is 18.5 Å². The Balaban J connectivity index is 1.51. The van der Waals surface area contributed by atoms with Crippen molar-refractivity contribution in [2.45, 2.75) is 31.3 Å². The Hall–Kier alpha value is -1.84. The van der Waals surface area contributed by atoms with Gasteiger partial charge in [-0.1, -0.05) is 42.5 Å². The van der Waals surface area contributed by atoms with E-state index in [0.29, 0.717) is 12.0 Å². The largest absolute Gasteiger partial charge is 0.384 e. The van der Waals surface area contributed by atoms with Gasteiger partial charge in [-0.3, -0.25) is 4.90 Å². The highest BCUT2D eigenvalue weighted by atomic mass is 15.1. The first-order valence-corrected chi connectivity index (χ1v) is 8.63. The van der Waals surface area contributed by atoms with E-state index >= 15 is 0 Å². The first-order valence-electron chi connectivity index (χ1n) is 8.63. The van der Waals surface area contributed by atoms with Crippen LogP contribution >= 0.6 is 0 Å². The summed E-state index contributed by atoms with van der Waals surface area (Å²) in [4.78, 5) is 2.59. The molecular formula is C20H25N3. The van der Waals surface area contributed by atoms with Crippen LogP contribution in [0.15, 0.2) is 48.5 Å². The molecule has 0 atom stereocenters. The number of nitrogens with one attached hydrogen (secondary N) is 1. The monoisotopic (exact) mass is 307 g/mol. The summed E-state index contributed by atoms with van der Waals surface area (Å²) in [7, 11) is 0. The maximum atomic E-state index is 6.00. The van der Waals surface area contributed by atoms with Gasteiger partial charge in [0, 0.05) is 30.7 Å². The molecular weight excluding hydrogens is 282 g/mol. The topological polar surface area (TPSA) is 41.3 Å². The van der Waals surface area contributed by atoms with Gasteiger partial charge in [0.15, 0.2) is 0 Å².